The molecule has 0 unspecified atom stereocenters. The van der Waals surface area contributed by atoms with Crippen LogP contribution in [0.25, 0.3) is 0 Å². The first-order valence-corrected chi connectivity index (χ1v) is 5.13. The van der Waals surface area contributed by atoms with Gasteiger partial charge in [-0.2, -0.15) is 0 Å². The molecule has 13 heavy (non-hydrogen) atoms. The highest BCUT2D eigenvalue weighted by Gasteiger charge is 2.49. The largest absolute Gasteiger partial charge is 0.389 e. The van der Waals surface area contributed by atoms with Crippen LogP contribution in [-0.2, 0) is 4.74 Å². The van der Waals surface area contributed by atoms with Crippen LogP contribution in [-0.4, -0.2) is 31.3 Å². The van der Waals surface area contributed by atoms with Crippen LogP contribution >= 0.6 is 11.3 Å². The Morgan fingerprint density at radius 1 is 1.54 bits per heavy atom. The van der Waals surface area contributed by atoms with Gasteiger partial charge in [0.1, 0.15) is 5.00 Å². The van der Waals surface area contributed by atoms with Crippen molar-refractivity contribution in [2.75, 3.05) is 36.9 Å². The van der Waals surface area contributed by atoms with Gasteiger partial charge in [-0.3, -0.25) is 0 Å². The normalized spacial score (nSPS) is 24.2. The van der Waals surface area contributed by atoms with Crippen LogP contribution in [0.4, 0.5) is 10.1 Å². The average molecular weight is 197 g/mol. The number of aromatic nitrogens is 1. The van der Waals surface area contributed by atoms with Crippen LogP contribution < -0.4 is 10.6 Å². The van der Waals surface area contributed by atoms with Crippen molar-refractivity contribution >= 4 is 21.5 Å². The summed E-state index contributed by atoms with van der Waals surface area (Å²) in [5, 5.41) is 1.84. The van der Waals surface area contributed by atoms with Gasteiger partial charge < -0.3 is 15.4 Å². The molecule has 5 heteroatoms. The number of nitrogens with zero attached hydrogens (tertiary/aromatic N) is 2. The van der Waals surface area contributed by atoms with E-state index in [2.05, 4.69) is 9.88 Å². The third-order valence-corrected chi connectivity index (χ3v) is 3.54. The number of hydrogen-bond donors (Lipinski definition) is 1. The van der Waals surface area contributed by atoms with E-state index in [0.29, 0.717) is 5.41 Å². The first-order valence-electron chi connectivity index (χ1n) is 4.32. The van der Waals surface area contributed by atoms with E-state index in [9.17, 15) is 0 Å². The zero-order valence-corrected chi connectivity index (χ0v) is 8.01. The second-order valence-corrected chi connectivity index (χ2v) is 4.93. The Labute approximate surface area is 80.3 Å². The van der Waals surface area contributed by atoms with Gasteiger partial charge in [-0.1, -0.05) is 11.3 Å². The number of ether oxygens (including phenoxy) is 1. The molecule has 0 amide bonds. The number of nitrogen functional groups attached to an aromatic ring is 1. The van der Waals surface area contributed by atoms with Gasteiger partial charge in [0.2, 0.25) is 0 Å². The first kappa shape index (κ1) is 7.58. The van der Waals surface area contributed by atoms with Crippen LogP contribution in [0.3, 0.4) is 0 Å². The topological polar surface area (TPSA) is 51.4 Å². The molecule has 2 fully saturated rings. The molecule has 0 bridgehead atoms. The van der Waals surface area contributed by atoms with Crippen molar-refractivity contribution in [3.63, 3.8) is 0 Å². The van der Waals surface area contributed by atoms with E-state index in [-0.39, 0.29) is 0 Å². The van der Waals surface area contributed by atoms with E-state index >= 15 is 0 Å². The maximum Gasteiger partial charge on any atom is 0.187 e. The third kappa shape index (κ3) is 1.04. The highest BCUT2D eigenvalue weighted by atomic mass is 32.1. The van der Waals surface area contributed by atoms with Crippen LogP contribution in [0.5, 0.6) is 0 Å². The van der Waals surface area contributed by atoms with E-state index < -0.39 is 0 Å². The van der Waals surface area contributed by atoms with Crippen molar-refractivity contribution in [1.29, 1.82) is 0 Å². The van der Waals surface area contributed by atoms with Gasteiger partial charge in [-0.15, -0.1) is 0 Å². The summed E-state index contributed by atoms with van der Waals surface area (Å²) in [6.07, 6.45) is 1.72. The minimum Gasteiger partial charge on any atom is -0.389 e. The van der Waals surface area contributed by atoms with Gasteiger partial charge in [0.25, 0.3) is 0 Å². The molecule has 1 aromatic heterocycles. The van der Waals surface area contributed by atoms with E-state index in [0.717, 1.165) is 36.4 Å². The summed E-state index contributed by atoms with van der Waals surface area (Å²) < 4.78 is 5.20. The Hall–Kier alpha value is -0.810. The second kappa shape index (κ2) is 2.36. The Balaban J connectivity index is 1.70. The standard InChI is InChI=1S/C8H11N3OS/c9-6-1-10-7(13-6)11-2-8(3-11)4-12-5-8/h1H,2-5,9H2. The fourth-order valence-electron chi connectivity index (χ4n) is 1.90. The van der Waals surface area contributed by atoms with Gasteiger partial charge in [0.15, 0.2) is 5.13 Å². The predicted octanol–water partition coefficient (Wildman–Crippen LogP) is 0.562. The third-order valence-electron chi connectivity index (χ3n) is 2.65. The quantitative estimate of drug-likeness (QED) is 0.714. The number of nitrogens with two attached hydrogens (primary N) is 1. The van der Waals surface area contributed by atoms with Crippen molar-refractivity contribution in [2.45, 2.75) is 0 Å². The molecule has 2 N–H and O–H groups in total. The molecule has 3 heterocycles. The lowest BCUT2D eigenvalue weighted by molar-refractivity contribution is -0.127. The Bertz CT molecular complexity index is 326. The summed E-state index contributed by atoms with van der Waals surface area (Å²) in [5.41, 5.74) is 6.07. The zero-order chi connectivity index (χ0) is 8.89. The summed E-state index contributed by atoms with van der Waals surface area (Å²) in [7, 11) is 0. The molecule has 4 nitrogen and oxygen atoms in total. The van der Waals surface area contributed by atoms with Crippen molar-refractivity contribution in [3.05, 3.63) is 6.20 Å². The van der Waals surface area contributed by atoms with E-state index in [1.165, 1.54) is 0 Å². The summed E-state index contributed by atoms with van der Waals surface area (Å²) in [6.45, 7) is 4.01. The molecule has 0 atom stereocenters. The number of hydrogen-bond acceptors (Lipinski definition) is 5. The number of rotatable bonds is 1. The highest BCUT2D eigenvalue weighted by molar-refractivity contribution is 7.19. The summed E-state index contributed by atoms with van der Waals surface area (Å²) in [4.78, 5) is 6.51. The molecule has 2 aliphatic rings. The summed E-state index contributed by atoms with van der Waals surface area (Å²) in [6, 6.07) is 0. The summed E-state index contributed by atoms with van der Waals surface area (Å²) >= 11 is 1.56. The summed E-state index contributed by atoms with van der Waals surface area (Å²) in [5.74, 6) is 0. The number of thiazole rings is 1. The molecule has 70 valence electrons. The molecular formula is C8H11N3OS. The SMILES string of the molecule is Nc1cnc(N2CC3(COC3)C2)s1. The molecule has 0 saturated carbocycles. The molecule has 3 rings (SSSR count). The molecule has 0 aliphatic carbocycles. The van der Waals surface area contributed by atoms with Crippen LogP contribution in [0, 0.1) is 5.41 Å². The maximum atomic E-state index is 5.61. The first-order chi connectivity index (χ1) is 6.27. The molecule has 2 saturated heterocycles. The molecule has 0 aromatic carbocycles. The predicted molar refractivity (Wildman–Crippen MR) is 52.0 cm³/mol. The minimum absolute atomic E-state index is 0.459. The van der Waals surface area contributed by atoms with Crippen LogP contribution in [0.2, 0.25) is 0 Å². The van der Waals surface area contributed by atoms with Crippen molar-refractivity contribution in [1.82, 2.24) is 4.98 Å². The second-order valence-electron chi connectivity index (χ2n) is 3.89. The van der Waals surface area contributed by atoms with Gasteiger partial charge in [0.05, 0.1) is 24.8 Å². The lowest BCUT2D eigenvalue weighted by Crippen LogP contribution is -2.66. The van der Waals surface area contributed by atoms with Gasteiger partial charge >= 0.3 is 0 Å². The fourth-order valence-corrected chi connectivity index (χ4v) is 2.58. The average Bonchev–Trinajstić information content (AvgIpc) is 2.29. The Kier molecular flexibility index (Phi) is 1.38. The fraction of sp³-hybridized carbons (Fsp3) is 0.625. The van der Waals surface area contributed by atoms with Crippen molar-refractivity contribution < 1.29 is 4.74 Å². The van der Waals surface area contributed by atoms with Crippen LogP contribution in [0.15, 0.2) is 6.20 Å². The molecule has 0 radical (unpaired) electrons. The lowest BCUT2D eigenvalue weighted by atomic mass is 9.78. The molecule has 1 aromatic rings. The maximum absolute atomic E-state index is 5.61. The Morgan fingerprint density at radius 3 is 2.77 bits per heavy atom. The molecule has 2 aliphatic heterocycles. The monoisotopic (exact) mass is 197 g/mol. The van der Waals surface area contributed by atoms with E-state index in [1.54, 1.807) is 17.5 Å². The lowest BCUT2D eigenvalue weighted by Gasteiger charge is -2.54. The van der Waals surface area contributed by atoms with Crippen LogP contribution in [0.1, 0.15) is 0 Å². The number of anilines is 2. The van der Waals surface area contributed by atoms with Crippen molar-refractivity contribution in [2.24, 2.45) is 5.41 Å². The highest BCUT2D eigenvalue weighted by Crippen LogP contribution is 2.41. The van der Waals surface area contributed by atoms with Gasteiger partial charge in [-0.25, -0.2) is 4.98 Å². The smallest absolute Gasteiger partial charge is 0.187 e. The molecular weight excluding hydrogens is 186 g/mol. The Morgan fingerprint density at radius 2 is 2.31 bits per heavy atom. The van der Waals surface area contributed by atoms with Crippen molar-refractivity contribution in [3.8, 4) is 0 Å². The minimum atomic E-state index is 0.459. The molecule has 1 spiro atoms. The zero-order valence-electron chi connectivity index (χ0n) is 7.19. The van der Waals surface area contributed by atoms with Gasteiger partial charge in [-0.05, 0) is 0 Å². The van der Waals surface area contributed by atoms with E-state index in [1.807, 2.05) is 0 Å². The van der Waals surface area contributed by atoms with E-state index in [4.69, 9.17) is 10.5 Å². The van der Waals surface area contributed by atoms with Gasteiger partial charge in [0, 0.05) is 13.1 Å².